The van der Waals surface area contributed by atoms with E-state index in [0.717, 1.165) is 14.0 Å². The van der Waals surface area contributed by atoms with Gasteiger partial charge in [-0.2, -0.15) is 0 Å². The molecule has 0 heterocycles. The molecule has 2 atom stereocenters. The summed E-state index contributed by atoms with van der Waals surface area (Å²) < 4.78 is 4.26. The number of ketones is 1. The highest BCUT2D eigenvalue weighted by Gasteiger charge is 2.41. The number of hydrogen-bond acceptors (Lipinski definition) is 4. The number of alkyl halides is 1. The van der Waals surface area contributed by atoms with E-state index < -0.39 is 22.2 Å². The van der Waals surface area contributed by atoms with Crippen LogP contribution in [0, 0.1) is 0 Å². The van der Waals surface area contributed by atoms with Crippen molar-refractivity contribution in [2.45, 2.75) is 24.3 Å². The Hall–Kier alpha value is -0.420. The van der Waals surface area contributed by atoms with Gasteiger partial charge in [0.25, 0.3) is 0 Å². The molecule has 0 spiro atoms. The van der Waals surface area contributed by atoms with Gasteiger partial charge in [0.05, 0.1) is 11.9 Å². The first-order valence-corrected chi connectivity index (χ1v) is 4.24. The Labute approximate surface area is 79.0 Å². The van der Waals surface area contributed by atoms with Crippen LogP contribution >= 0.6 is 15.9 Å². The number of hydrogen-bond donors (Lipinski definition) is 1. The first kappa shape index (κ1) is 11.6. The summed E-state index contributed by atoms with van der Waals surface area (Å²) in [6.07, 6.45) is 0. The van der Waals surface area contributed by atoms with Gasteiger partial charge < -0.3 is 9.84 Å². The first-order valence-electron chi connectivity index (χ1n) is 3.33. The minimum atomic E-state index is -2.06. The monoisotopic (exact) mass is 238 g/mol. The van der Waals surface area contributed by atoms with Crippen LogP contribution in [0.5, 0.6) is 0 Å². The summed E-state index contributed by atoms with van der Waals surface area (Å²) in [5, 5.41) is 9.37. The molecule has 0 saturated carbocycles. The number of esters is 1. The van der Waals surface area contributed by atoms with Crippen molar-refractivity contribution in [3.05, 3.63) is 0 Å². The zero-order valence-corrected chi connectivity index (χ0v) is 8.71. The van der Waals surface area contributed by atoms with E-state index in [9.17, 15) is 14.7 Å². The van der Waals surface area contributed by atoms with Gasteiger partial charge in [0.15, 0.2) is 5.78 Å². The van der Waals surface area contributed by atoms with E-state index in [1.54, 1.807) is 0 Å². The third-order valence-electron chi connectivity index (χ3n) is 1.42. The largest absolute Gasteiger partial charge is 0.467 e. The summed E-state index contributed by atoms with van der Waals surface area (Å²) in [7, 11) is 1.11. The topological polar surface area (TPSA) is 63.6 Å². The second-order valence-corrected chi connectivity index (χ2v) is 3.92. The molecular formula is C7H11BrO4. The van der Waals surface area contributed by atoms with E-state index in [1.807, 2.05) is 0 Å². The van der Waals surface area contributed by atoms with Crippen molar-refractivity contribution in [2.75, 3.05) is 7.11 Å². The van der Waals surface area contributed by atoms with Gasteiger partial charge in [-0.05, 0) is 13.8 Å². The molecule has 5 heteroatoms. The standard InChI is InChI=1S/C7H11BrO4/c1-4(8)5(9)7(2,11)6(10)12-3/h4,11H,1-3H3. The van der Waals surface area contributed by atoms with Gasteiger partial charge in [-0.15, -0.1) is 0 Å². The molecule has 0 aromatic carbocycles. The summed E-state index contributed by atoms with van der Waals surface area (Å²) in [6, 6.07) is 0. The molecule has 0 rings (SSSR count). The van der Waals surface area contributed by atoms with Crippen molar-refractivity contribution < 1.29 is 19.4 Å². The van der Waals surface area contributed by atoms with Crippen LogP contribution in [0.25, 0.3) is 0 Å². The van der Waals surface area contributed by atoms with E-state index in [-0.39, 0.29) is 0 Å². The molecule has 1 N–H and O–H groups in total. The maximum atomic E-state index is 11.2. The third-order valence-corrected chi connectivity index (χ3v) is 1.84. The Morgan fingerprint density at radius 1 is 1.58 bits per heavy atom. The lowest BCUT2D eigenvalue weighted by Gasteiger charge is -2.19. The molecule has 0 aliphatic rings. The highest BCUT2D eigenvalue weighted by Crippen LogP contribution is 2.14. The van der Waals surface area contributed by atoms with Gasteiger partial charge in [0.2, 0.25) is 5.60 Å². The van der Waals surface area contributed by atoms with Crippen molar-refractivity contribution in [1.82, 2.24) is 0 Å². The van der Waals surface area contributed by atoms with Crippen LogP contribution in [0.3, 0.4) is 0 Å². The Bertz CT molecular complexity index is 198. The number of rotatable bonds is 3. The van der Waals surface area contributed by atoms with E-state index >= 15 is 0 Å². The summed E-state index contributed by atoms with van der Waals surface area (Å²) in [5.41, 5.74) is -2.06. The van der Waals surface area contributed by atoms with Crippen molar-refractivity contribution >= 4 is 27.7 Å². The Balaban J connectivity index is 4.61. The maximum absolute atomic E-state index is 11.2. The van der Waals surface area contributed by atoms with Crippen LogP contribution in [-0.2, 0) is 14.3 Å². The first-order chi connectivity index (χ1) is 5.34. The van der Waals surface area contributed by atoms with Crippen LogP contribution in [0.4, 0.5) is 0 Å². The zero-order chi connectivity index (χ0) is 9.94. The van der Waals surface area contributed by atoms with Crippen LogP contribution in [-0.4, -0.2) is 34.4 Å². The summed E-state index contributed by atoms with van der Waals surface area (Å²) in [4.78, 5) is 21.5. The van der Waals surface area contributed by atoms with E-state index in [1.165, 1.54) is 6.92 Å². The van der Waals surface area contributed by atoms with Crippen LogP contribution < -0.4 is 0 Å². The lowest BCUT2D eigenvalue weighted by molar-refractivity contribution is -0.165. The fraction of sp³-hybridized carbons (Fsp3) is 0.714. The summed E-state index contributed by atoms with van der Waals surface area (Å²) in [5.74, 6) is -1.56. The van der Waals surface area contributed by atoms with Gasteiger partial charge in [-0.3, -0.25) is 4.79 Å². The molecule has 0 saturated heterocycles. The second kappa shape index (κ2) is 4.00. The van der Waals surface area contributed by atoms with Crippen molar-refractivity contribution in [3.8, 4) is 0 Å². The van der Waals surface area contributed by atoms with Gasteiger partial charge in [0.1, 0.15) is 0 Å². The van der Waals surface area contributed by atoms with Gasteiger partial charge in [-0.1, -0.05) is 15.9 Å². The Morgan fingerprint density at radius 3 is 2.25 bits per heavy atom. The number of methoxy groups -OCH3 is 1. The van der Waals surface area contributed by atoms with Crippen molar-refractivity contribution in [3.63, 3.8) is 0 Å². The molecule has 0 fully saturated rings. The minimum Gasteiger partial charge on any atom is -0.467 e. The molecule has 70 valence electrons. The van der Waals surface area contributed by atoms with Gasteiger partial charge >= 0.3 is 5.97 Å². The third kappa shape index (κ3) is 2.28. The van der Waals surface area contributed by atoms with E-state index in [4.69, 9.17) is 0 Å². The SMILES string of the molecule is COC(=O)C(C)(O)C(=O)C(C)Br. The molecular weight excluding hydrogens is 228 g/mol. The molecule has 12 heavy (non-hydrogen) atoms. The van der Waals surface area contributed by atoms with E-state index in [2.05, 4.69) is 20.7 Å². The van der Waals surface area contributed by atoms with Crippen LogP contribution in [0.1, 0.15) is 13.8 Å². The lowest BCUT2D eigenvalue weighted by atomic mass is 9.99. The Kier molecular flexibility index (Phi) is 3.86. The molecule has 4 nitrogen and oxygen atoms in total. The normalized spacial score (nSPS) is 17.8. The quantitative estimate of drug-likeness (QED) is 0.436. The number of aliphatic hydroxyl groups is 1. The minimum absolute atomic E-state index is 0.577. The van der Waals surface area contributed by atoms with Gasteiger partial charge in [0, 0.05) is 0 Å². The maximum Gasteiger partial charge on any atom is 0.345 e. The molecule has 0 radical (unpaired) electrons. The fourth-order valence-electron chi connectivity index (χ4n) is 0.687. The van der Waals surface area contributed by atoms with Crippen LogP contribution in [0.15, 0.2) is 0 Å². The molecule has 2 unspecified atom stereocenters. The number of carbonyl (C=O) groups excluding carboxylic acids is 2. The average molecular weight is 239 g/mol. The number of Topliss-reactive ketones (excluding diaryl/α,β-unsaturated/α-hetero) is 1. The number of ether oxygens (including phenoxy) is 1. The van der Waals surface area contributed by atoms with Crippen molar-refractivity contribution in [2.24, 2.45) is 0 Å². The number of carbonyl (C=O) groups is 2. The summed E-state index contributed by atoms with van der Waals surface area (Å²) >= 11 is 2.96. The Morgan fingerprint density at radius 2 is 2.00 bits per heavy atom. The summed E-state index contributed by atoms with van der Waals surface area (Å²) in [6.45, 7) is 2.64. The smallest absolute Gasteiger partial charge is 0.345 e. The average Bonchev–Trinajstić information content (AvgIpc) is 2.01. The highest BCUT2D eigenvalue weighted by atomic mass is 79.9. The predicted molar refractivity (Wildman–Crippen MR) is 46.0 cm³/mol. The molecule has 0 aliphatic heterocycles. The van der Waals surface area contributed by atoms with Gasteiger partial charge in [-0.25, -0.2) is 4.79 Å². The second-order valence-electron chi connectivity index (χ2n) is 2.54. The molecule has 0 aliphatic carbocycles. The highest BCUT2D eigenvalue weighted by molar-refractivity contribution is 9.10. The molecule has 0 aromatic heterocycles. The molecule has 0 bridgehead atoms. The van der Waals surface area contributed by atoms with E-state index in [0.29, 0.717) is 0 Å². The van der Waals surface area contributed by atoms with Crippen molar-refractivity contribution in [1.29, 1.82) is 0 Å². The fourth-order valence-corrected chi connectivity index (χ4v) is 1.13. The zero-order valence-electron chi connectivity index (χ0n) is 7.13. The molecule has 0 amide bonds. The number of halogens is 1. The lowest BCUT2D eigenvalue weighted by Crippen LogP contribution is -2.47. The predicted octanol–water partition coefficient (Wildman–Crippen LogP) is 0.263. The van der Waals surface area contributed by atoms with Crippen LogP contribution in [0.2, 0.25) is 0 Å². The molecule has 0 aromatic rings.